The molecular formula is C22H25ClN4O5S2. The van der Waals surface area contributed by atoms with Crippen molar-refractivity contribution in [1.29, 1.82) is 0 Å². The van der Waals surface area contributed by atoms with Gasteiger partial charge in [0.15, 0.2) is 5.16 Å². The zero-order chi connectivity index (χ0) is 24.9. The summed E-state index contributed by atoms with van der Waals surface area (Å²) in [4.78, 5) is 30.1. The number of carbonyl (C=O) groups excluding carboxylic acids is 1. The molecule has 182 valence electrons. The molecule has 1 aromatic heterocycles. The van der Waals surface area contributed by atoms with Crippen molar-refractivity contribution < 1.29 is 17.9 Å². The third-order valence-corrected chi connectivity index (χ3v) is 6.76. The van der Waals surface area contributed by atoms with Gasteiger partial charge in [0.2, 0.25) is 15.9 Å². The van der Waals surface area contributed by atoms with Gasteiger partial charge < -0.3 is 10.1 Å². The Balaban J connectivity index is 1.79. The second kappa shape index (κ2) is 11.3. The summed E-state index contributed by atoms with van der Waals surface area (Å²) in [6.45, 7) is 4.73. The molecule has 0 aliphatic carbocycles. The number of rotatable bonds is 10. The number of anilines is 1. The molecule has 0 fully saturated rings. The van der Waals surface area contributed by atoms with Gasteiger partial charge in [0.25, 0.3) is 5.56 Å². The summed E-state index contributed by atoms with van der Waals surface area (Å²) in [6, 6.07) is 10.5. The molecule has 2 aromatic carbocycles. The van der Waals surface area contributed by atoms with E-state index in [1.807, 2.05) is 13.8 Å². The molecule has 0 saturated carbocycles. The third-order valence-electron chi connectivity index (χ3n) is 4.64. The standard InChI is InChI=1S/C22H25ClN4O5S2/c1-14(2)32-10-4-9-27-21(29)18-8-7-15(23)11-19(18)26-22(27)33-13-20(28)25-16-5-3-6-17(12-16)34(24,30)31/h3,5-8,11-12,14H,4,9-10,13H2,1-2H3,(H,25,28)(H2,24,30,31). The number of hydrogen-bond acceptors (Lipinski definition) is 7. The Morgan fingerprint density at radius 1 is 1.26 bits per heavy atom. The average molecular weight is 525 g/mol. The van der Waals surface area contributed by atoms with Crippen LogP contribution in [-0.2, 0) is 26.1 Å². The zero-order valence-electron chi connectivity index (χ0n) is 18.7. The fourth-order valence-corrected chi connectivity index (χ4v) is 4.65. The van der Waals surface area contributed by atoms with Gasteiger partial charge in [-0.15, -0.1) is 0 Å². The lowest BCUT2D eigenvalue weighted by Gasteiger charge is -2.14. The van der Waals surface area contributed by atoms with Crippen LogP contribution in [0, 0.1) is 0 Å². The Morgan fingerprint density at radius 2 is 2.03 bits per heavy atom. The van der Waals surface area contributed by atoms with Crippen LogP contribution >= 0.6 is 23.4 Å². The lowest BCUT2D eigenvalue weighted by Crippen LogP contribution is -2.25. The highest BCUT2D eigenvalue weighted by Gasteiger charge is 2.15. The van der Waals surface area contributed by atoms with Crippen LogP contribution in [0.1, 0.15) is 20.3 Å². The number of primary sulfonamides is 1. The van der Waals surface area contributed by atoms with E-state index in [1.165, 1.54) is 22.8 Å². The van der Waals surface area contributed by atoms with Gasteiger partial charge in [0.05, 0.1) is 27.7 Å². The highest BCUT2D eigenvalue weighted by molar-refractivity contribution is 7.99. The van der Waals surface area contributed by atoms with Crippen molar-refractivity contribution in [3.05, 3.63) is 57.8 Å². The van der Waals surface area contributed by atoms with Crippen LogP contribution in [0.3, 0.4) is 0 Å². The predicted octanol–water partition coefficient (Wildman–Crippen LogP) is 3.24. The van der Waals surface area contributed by atoms with E-state index < -0.39 is 15.9 Å². The number of nitrogens with two attached hydrogens (primary N) is 1. The van der Waals surface area contributed by atoms with Crippen molar-refractivity contribution in [2.75, 3.05) is 17.7 Å². The van der Waals surface area contributed by atoms with Crippen molar-refractivity contribution >= 4 is 55.9 Å². The van der Waals surface area contributed by atoms with Crippen molar-refractivity contribution in [3.63, 3.8) is 0 Å². The minimum atomic E-state index is -3.89. The number of carbonyl (C=O) groups is 1. The fourth-order valence-electron chi connectivity index (χ4n) is 3.10. The molecule has 3 N–H and O–H groups in total. The minimum absolute atomic E-state index is 0.0550. The number of nitrogens with zero attached hydrogens (tertiary/aromatic N) is 2. The van der Waals surface area contributed by atoms with Crippen molar-refractivity contribution in [2.24, 2.45) is 5.14 Å². The number of halogens is 1. The van der Waals surface area contributed by atoms with Gasteiger partial charge in [-0.1, -0.05) is 29.4 Å². The zero-order valence-corrected chi connectivity index (χ0v) is 21.0. The quantitative estimate of drug-likeness (QED) is 0.236. The summed E-state index contributed by atoms with van der Waals surface area (Å²) in [7, 11) is -3.89. The molecule has 0 saturated heterocycles. The Morgan fingerprint density at radius 3 is 2.74 bits per heavy atom. The van der Waals surface area contributed by atoms with Crippen LogP contribution in [0.15, 0.2) is 57.3 Å². The van der Waals surface area contributed by atoms with Gasteiger partial charge in [0, 0.05) is 23.9 Å². The maximum absolute atomic E-state index is 13.1. The van der Waals surface area contributed by atoms with Gasteiger partial charge in [-0.05, 0) is 56.7 Å². The highest BCUT2D eigenvalue weighted by Crippen LogP contribution is 2.21. The van der Waals surface area contributed by atoms with Crippen LogP contribution < -0.4 is 16.0 Å². The Bertz CT molecular complexity index is 1360. The number of fused-ring (bicyclic) bond motifs is 1. The Hall–Kier alpha value is -2.44. The Labute approximate surface area is 206 Å². The molecule has 0 aliphatic rings. The molecule has 9 nitrogen and oxygen atoms in total. The second-order valence-corrected chi connectivity index (χ2v) is 10.6. The summed E-state index contributed by atoms with van der Waals surface area (Å²) >= 11 is 7.17. The first-order chi connectivity index (χ1) is 16.0. The van der Waals surface area contributed by atoms with E-state index in [0.717, 1.165) is 11.8 Å². The molecule has 0 atom stereocenters. The van der Waals surface area contributed by atoms with Gasteiger partial charge in [0.1, 0.15) is 0 Å². The topological polar surface area (TPSA) is 133 Å². The second-order valence-electron chi connectivity index (χ2n) is 7.70. The SMILES string of the molecule is CC(C)OCCCn1c(SCC(=O)Nc2cccc(S(N)(=O)=O)c2)nc2cc(Cl)ccc2c1=O. The molecule has 0 bridgehead atoms. The number of amides is 1. The number of thioether (sulfide) groups is 1. The van der Waals surface area contributed by atoms with Crippen molar-refractivity contribution in [1.82, 2.24) is 9.55 Å². The van der Waals surface area contributed by atoms with Gasteiger partial charge in [-0.25, -0.2) is 18.5 Å². The summed E-state index contributed by atoms with van der Waals surface area (Å²) < 4.78 is 30.2. The van der Waals surface area contributed by atoms with E-state index >= 15 is 0 Å². The molecule has 1 amide bonds. The number of hydrogen-bond donors (Lipinski definition) is 2. The molecule has 0 spiro atoms. The predicted molar refractivity (Wildman–Crippen MR) is 134 cm³/mol. The third kappa shape index (κ3) is 7.03. The maximum Gasteiger partial charge on any atom is 0.262 e. The first-order valence-corrected chi connectivity index (χ1v) is 13.3. The smallest absolute Gasteiger partial charge is 0.262 e. The molecular weight excluding hydrogens is 500 g/mol. The molecule has 1 heterocycles. The summed E-state index contributed by atoms with van der Waals surface area (Å²) in [5, 5.41) is 9.03. The van der Waals surface area contributed by atoms with E-state index in [9.17, 15) is 18.0 Å². The molecule has 3 rings (SSSR count). The molecule has 0 unspecified atom stereocenters. The number of nitrogens with one attached hydrogen (secondary N) is 1. The molecule has 34 heavy (non-hydrogen) atoms. The van der Waals surface area contributed by atoms with E-state index in [0.29, 0.717) is 46.3 Å². The maximum atomic E-state index is 13.1. The van der Waals surface area contributed by atoms with Crippen LogP contribution in [0.4, 0.5) is 5.69 Å². The largest absolute Gasteiger partial charge is 0.379 e. The van der Waals surface area contributed by atoms with E-state index in [2.05, 4.69) is 10.3 Å². The van der Waals surface area contributed by atoms with Gasteiger partial charge in [-0.3, -0.25) is 14.2 Å². The van der Waals surface area contributed by atoms with E-state index in [1.54, 1.807) is 24.3 Å². The first kappa shape index (κ1) is 26.2. The number of ether oxygens (including phenoxy) is 1. The molecule has 3 aromatic rings. The number of aromatic nitrogens is 2. The fraction of sp³-hybridized carbons (Fsp3) is 0.318. The van der Waals surface area contributed by atoms with E-state index in [4.69, 9.17) is 21.5 Å². The van der Waals surface area contributed by atoms with Crippen LogP contribution in [-0.4, -0.2) is 42.3 Å². The van der Waals surface area contributed by atoms with E-state index in [-0.39, 0.29) is 22.3 Å². The lowest BCUT2D eigenvalue weighted by atomic mass is 10.2. The minimum Gasteiger partial charge on any atom is -0.379 e. The van der Waals surface area contributed by atoms with Gasteiger partial charge >= 0.3 is 0 Å². The summed E-state index contributed by atoms with van der Waals surface area (Å²) in [6.07, 6.45) is 0.679. The van der Waals surface area contributed by atoms with Crippen molar-refractivity contribution in [3.8, 4) is 0 Å². The number of benzene rings is 2. The number of sulfonamides is 1. The van der Waals surface area contributed by atoms with Crippen LogP contribution in [0.5, 0.6) is 0 Å². The van der Waals surface area contributed by atoms with Crippen LogP contribution in [0.25, 0.3) is 10.9 Å². The van der Waals surface area contributed by atoms with Crippen LogP contribution in [0.2, 0.25) is 5.02 Å². The normalized spacial score (nSPS) is 11.8. The molecule has 0 radical (unpaired) electrons. The molecule has 0 aliphatic heterocycles. The summed E-state index contributed by atoms with van der Waals surface area (Å²) in [5.74, 6) is -0.452. The Kier molecular flexibility index (Phi) is 8.72. The monoisotopic (exact) mass is 524 g/mol. The average Bonchev–Trinajstić information content (AvgIpc) is 2.76. The first-order valence-electron chi connectivity index (χ1n) is 10.4. The lowest BCUT2D eigenvalue weighted by molar-refractivity contribution is -0.113. The highest BCUT2D eigenvalue weighted by atomic mass is 35.5. The summed E-state index contributed by atoms with van der Waals surface area (Å²) in [5.41, 5.74) is 0.504. The van der Waals surface area contributed by atoms with Gasteiger partial charge in [-0.2, -0.15) is 0 Å². The molecule has 12 heteroatoms. The van der Waals surface area contributed by atoms with Crippen molar-refractivity contribution in [2.45, 2.75) is 43.0 Å².